The molecule has 0 N–H and O–H groups in total. The lowest BCUT2D eigenvalue weighted by atomic mass is 10.3. The third-order valence-electron chi connectivity index (χ3n) is 2.54. The summed E-state index contributed by atoms with van der Waals surface area (Å²) in [5.41, 5.74) is 1.10. The van der Waals surface area contributed by atoms with Crippen LogP contribution in [0.1, 0.15) is 5.69 Å². The standard InChI is InChI=1S/C11H11ClN2O3S/c1-8-11(18(12,15)16)7-13-14(8)9-5-3-4-6-10(9)17-2/h3-7H,1-2H3. The van der Waals surface area contributed by atoms with Crippen LogP contribution in [0.15, 0.2) is 35.4 Å². The van der Waals surface area contributed by atoms with Crippen molar-refractivity contribution in [2.75, 3.05) is 7.11 Å². The third kappa shape index (κ3) is 2.21. The highest BCUT2D eigenvalue weighted by Gasteiger charge is 2.19. The number of hydrogen-bond donors (Lipinski definition) is 0. The van der Waals surface area contributed by atoms with E-state index in [1.807, 2.05) is 12.1 Å². The minimum absolute atomic E-state index is 0.00456. The van der Waals surface area contributed by atoms with E-state index < -0.39 is 9.05 Å². The molecule has 18 heavy (non-hydrogen) atoms. The molecule has 96 valence electrons. The van der Waals surface area contributed by atoms with E-state index >= 15 is 0 Å². The topological polar surface area (TPSA) is 61.2 Å². The van der Waals surface area contributed by atoms with Crippen LogP contribution in [0, 0.1) is 6.92 Å². The molecule has 0 radical (unpaired) electrons. The zero-order chi connectivity index (χ0) is 13.3. The summed E-state index contributed by atoms with van der Waals surface area (Å²) in [6.45, 7) is 1.63. The monoisotopic (exact) mass is 286 g/mol. The van der Waals surface area contributed by atoms with Crippen LogP contribution in [0.25, 0.3) is 5.69 Å². The number of nitrogens with zero attached hydrogens (tertiary/aromatic N) is 2. The molecule has 0 unspecified atom stereocenters. The van der Waals surface area contributed by atoms with Crippen LogP contribution in [-0.2, 0) is 9.05 Å². The van der Waals surface area contributed by atoms with Gasteiger partial charge in [-0.2, -0.15) is 5.10 Å². The summed E-state index contributed by atoms with van der Waals surface area (Å²) in [5.74, 6) is 0.599. The number of methoxy groups -OCH3 is 1. The molecule has 0 bridgehead atoms. The number of hydrogen-bond acceptors (Lipinski definition) is 4. The Morgan fingerprint density at radius 3 is 2.56 bits per heavy atom. The van der Waals surface area contributed by atoms with Gasteiger partial charge in [0.1, 0.15) is 16.3 Å². The molecular formula is C11H11ClN2O3S. The fourth-order valence-electron chi connectivity index (χ4n) is 1.68. The predicted molar refractivity (Wildman–Crippen MR) is 67.9 cm³/mol. The first-order valence-corrected chi connectivity index (χ1v) is 7.38. The van der Waals surface area contributed by atoms with Gasteiger partial charge in [0, 0.05) is 10.7 Å². The third-order valence-corrected chi connectivity index (χ3v) is 3.97. The van der Waals surface area contributed by atoms with E-state index in [2.05, 4.69) is 5.10 Å². The van der Waals surface area contributed by atoms with Crippen LogP contribution in [-0.4, -0.2) is 25.3 Å². The molecule has 0 aliphatic rings. The molecule has 7 heteroatoms. The zero-order valence-corrected chi connectivity index (χ0v) is 11.4. The lowest BCUT2D eigenvalue weighted by molar-refractivity contribution is 0.411. The molecule has 1 heterocycles. The molecule has 1 aromatic heterocycles. The van der Waals surface area contributed by atoms with E-state index in [1.165, 1.54) is 18.0 Å². The van der Waals surface area contributed by atoms with Crippen molar-refractivity contribution in [1.82, 2.24) is 9.78 Å². The van der Waals surface area contributed by atoms with Crippen LogP contribution < -0.4 is 4.74 Å². The molecule has 0 aliphatic carbocycles. The van der Waals surface area contributed by atoms with Crippen molar-refractivity contribution in [1.29, 1.82) is 0 Å². The Morgan fingerprint density at radius 2 is 2.00 bits per heavy atom. The summed E-state index contributed by atoms with van der Waals surface area (Å²) in [5, 5.41) is 4.03. The van der Waals surface area contributed by atoms with Gasteiger partial charge in [0.15, 0.2) is 0 Å². The molecule has 2 rings (SSSR count). The summed E-state index contributed by atoms with van der Waals surface area (Å²) >= 11 is 0. The van der Waals surface area contributed by atoms with Gasteiger partial charge in [0.2, 0.25) is 0 Å². The molecule has 1 aromatic carbocycles. The maximum Gasteiger partial charge on any atom is 0.264 e. The number of rotatable bonds is 3. The van der Waals surface area contributed by atoms with Gasteiger partial charge in [0.05, 0.1) is 19.0 Å². The second-order valence-electron chi connectivity index (χ2n) is 3.62. The average molecular weight is 287 g/mol. The van der Waals surface area contributed by atoms with Gasteiger partial charge < -0.3 is 4.74 Å². The SMILES string of the molecule is COc1ccccc1-n1ncc(S(=O)(=O)Cl)c1C. The highest BCUT2D eigenvalue weighted by molar-refractivity contribution is 8.13. The van der Waals surface area contributed by atoms with Gasteiger partial charge in [-0.3, -0.25) is 0 Å². The zero-order valence-electron chi connectivity index (χ0n) is 9.79. The van der Waals surface area contributed by atoms with Crippen LogP contribution in [0.5, 0.6) is 5.75 Å². The summed E-state index contributed by atoms with van der Waals surface area (Å²) in [7, 11) is 3.07. The maximum absolute atomic E-state index is 11.3. The van der Waals surface area contributed by atoms with Crippen LogP contribution in [0.4, 0.5) is 0 Å². The van der Waals surface area contributed by atoms with Crippen molar-refractivity contribution in [3.05, 3.63) is 36.2 Å². The van der Waals surface area contributed by atoms with Crippen molar-refractivity contribution < 1.29 is 13.2 Å². The molecule has 0 fully saturated rings. The van der Waals surface area contributed by atoms with E-state index in [-0.39, 0.29) is 4.90 Å². The smallest absolute Gasteiger partial charge is 0.264 e. The van der Waals surface area contributed by atoms with Crippen molar-refractivity contribution >= 4 is 19.7 Å². The Balaban J connectivity index is 2.63. The second-order valence-corrected chi connectivity index (χ2v) is 6.15. The van der Waals surface area contributed by atoms with Crippen molar-refractivity contribution in [2.24, 2.45) is 0 Å². The molecule has 0 saturated heterocycles. The number of aromatic nitrogens is 2. The van der Waals surface area contributed by atoms with Crippen molar-refractivity contribution in [2.45, 2.75) is 11.8 Å². The summed E-state index contributed by atoms with van der Waals surface area (Å²) in [6.07, 6.45) is 1.23. The fraction of sp³-hybridized carbons (Fsp3) is 0.182. The van der Waals surface area contributed by atoms with Crippen LogP contribution in [0.3, 0.4) is 0 Å². The van der Waals surface area contributed by atoms with Crippen molar-refractivity contribution in [3.63, 3.8) is 0 Å². The summed E-state index contributed by atoms with van der Waals surface area (Å²) in [4.78, 5) is -0.00456. The Labute approximate surface area is 109 Å². The first-order valence-electron chi connectivity index (χ1n) is 5.08. The van der Waals surface area contributed by atoms with Crippen LogP contribution in [0.2, 0.25) is 0 Å². The second kappa shape index (κ2) is 4.62. The van der Waals surface area contributed by atoms with E-state index in [1.54, 1.807) is 19.1 Å². The molecule has 5 nitrogen and oxygen atoms in total. The molecule has 0 atom stereocenters. The van der Waals surface area contributed by atoms with E-state index in [9.17, 15) is 8.42 Å². The Bertz CT molecular complexity index is 679. The Kier molecular flexibility index (Phi) is 3.32. The molecule has 2 aromatic rings. The van der Waals surface area contributed by atoms with Gasteiger partial charge in [-0.25, -0.2) is 13.1 Å². The fourth-order valence-corrected chi connectivity index (χ4v) is 2.75. The normalized spacial score (nSPS) is 11.5. The Hall–Kier alpha value is -1.53. The van der Waals surface area contributed by atoms with Gasteiger partial charge in [-0.15, -0.1) is 0 Å². The van der Waals surface area contributed by atoms with Gasteiger partial charge in [0.25, 0.3) is 9.05 Å². The number of halogens is 1. The van der Waals surface area contributed by atoms with E-state index in [4.69, 9.17) is 15.4 Å². The molecule has 0 aliphatic heterocycles. The quantitative estimate of drug-likeness (QED) is 0.811. The first-order chi connectivity index (χ1) is 8.45. The predicted octanol–water partition coefficient (Wildman–Crippen LogP) is 2.12. The summed E-state index contributed by atoms with van der Waals surface area (Å²) < 4.78 is 29.4. The van der Waals surface area contributed by atoms with E-state index in [0.29, 0.717) is 17.1 Å². The molecule has 0 amide bonds. The van der Waals surface area contributed by atoms with Crippen molar-refractivity contribution in [3.8, 4) is 11.4 Å². The van der Waals surface area contributed by atoms with Gasteiger partial charge >= 0.3 is 0 Å². The number of para-hydroxylation sites is 2. The molecule has 0 spiro atoms. The lowest BCUT2D eigenvalue weighted by Crippen LogP contribution is -2.02. The Morgan fingerprint density at radius 1 is 1.33 bits per heavy atom. The van der Waals surface area contributed by atoms with Gasteiger partial charge in [-0.1, -0.05) is 12.1 Å². The van der Waals surface area contributed by atoms with E-state index in [0.717, 1.165) is 0 Å². The number of ether oxygens (including phenoxy) is 1. The molecule has 0 saturated carbocycles. The minimum atomic E-state index is -3.79. The van der Waals surface area contributed by atoms with Gasteiger partial charge in [-0.05, 0) is 19.1 Å². The van der Waals surface area contributed by atoms with Crippen LogP contribution >= 0.6 is 10.7 Å². The highest BCUT2D eigenvalue weighted by atomic mass is 35.7. The lowest BCUT2D eigenvalue weighted by Gasteiger charge is -2.09. The largest absolute Gasteiger partial charge is 0.494 e. The highest BCUT2D eigenvalue weighted by Crippen LogP contribution is 2.26. The maximum atomic E-state index is 11.3. The molecular weight excluding hydrogens is 276 g/mol. The average Bonchev–Trinajstić information content (AvgIpc) is 2.70. The first kappa shape index (κ1) is 12.9. The number of benzene rings is 1. The minimum Gasteiger partial charge on any atom is -0.494 e. The summed E-state index contributed by atoms with van der Waals surface area (Å²) in [6, 6.07) is 7.18.